The number of hydrogen-bond donors (Lipinski definition) is 1. The topological polar surface area (TPSA) is 98.6 Å². The second-order valence-electron chi connectivity index (χ2n) is 4.39. The number of carbonyl (C=O) groups is 2. The summed E-state index contributed by atoms with van der Waals surface area (Å²) in [6.45, 7) is -0.207. The van der Waals surface area contributed by atoms with Crippen molar-refractivity contribution in [2.75, 3.05) is 26.6 Å². The number of benzene rings is 1. The number of nitrogens with one attached hydrogen (secondary N) is 1. The van der Waals surface area contributed by atoms with E-state index in [1.807, 2.05) is 0 Å². The second-order valence-corrected chi connectivity index (χ2v) is 6.51. The lowest BCUT2D eigenvalue weighted by atomic mass is 10.2. The molecule has 1 aliphatic heterocycles. The predicted molar refractivity (Wildman–Crippen MR) is 98.9 cm³/mol. The molecule has 128 valence electrons. The zero-order valence-corrected chi connectivity index (χ0v) is 15.8. The fourth-order valence-electron chi connectivity index (χ4n) is 1.67. The van der Waals surface area contributed by atoms with Gasteiger partial charge in [0.2, 0.25) is 5.91 Å². The van der Waals surface area contributed by atoms with Gasteiger partial charge in [0, 0.05) is 0 Å². The van der Waals surface area contributed by atoms with Crippen LogP contribution in [0.5, 0.6) is 11.5 Å². The van der Waals surface area contributed by atoms with Crippen molar-refractivity contribution in [3.8, 4) is 11.5 Å². The number of methoxy groups -OCH3 is 2. The Hall–Kier alpha value is -1.82. The third-order valence-electron chi connectivity index (χ3n) is 2.76. The van der Waals surface area contributed by atoms with Crippen LogP contribution in [0.15, 0.2) is 22.3 Å². The van der Waals surface area contributed by atoms with Gasteiger partial charge in [0.15, 0.2) is 23.3 Å². The number of rotatable bonds is 6. The van der Waals surface area contributed by atoms with Crippen LogP contribution in [0.4, 0.5) is 0 Å². The minimum Gasteiger partial charge on any atom is -0.493 e. The largest absolute Gasteiger partial charge is 0.493 e. The Kier molecular flexibility index (Phi) is 6.85. The van der Waals surface area contributed by atoms with E-state index in [9.17, 15) is 9.59 Å². The Balaban J connectivity index is 2.13. The highest BCUT2D eigenvalue weighted by Gasteiger charge is 2.16. The van der Waals surface area contributed by atoms with Crippen LogP contribution in [0.1, 0.15) is 5.56 Å². The number of thioether (sulfide) groups is 1. The van der Waals surface area contributed by atoms with Gasteiger partial charge >= 0.3 is 5.97 Å². The number of amides is 1. The van der Waals surface area contributed by atoms with Crippen molar-refractivity contribution in [1.29, 1.82) is 0 Å². The highest BCUT2D eigenvalue weighted by Crippen LogP contribution is 2.33. The number of hydrogen-bond acceptors (Lipinski definition) is 8. The third-order valence-corrected chi connectivity index (χ3v) is 4.42. The predicted octanol–water partition coefficient (Wildman–Crippen LogP) is 1.40. The van der Waals surface area contributed by atoms with Gasteiger partial charge < -0.3 is 19.5 Å². The van der Waals surface area contributed by atoms with Crippen LogP contribution >= 0.6 is 34.4 Å². The molecule has 1 heterocycles. The molecule has 8 nitrogen and oxygen atoms in total. The molecule has 1 aliphatic rings. The highest BCUT2D eigenvalue weighted by atomic mass is 127. The summed E-state index contributed by atoms with van der Waals surface area (Å²) in [5, 5.41) is 10.9. The zero-order valence-electron chi connectivity index (χ0n) is 12.9. The number of carbonyl (C=O) groups excluding carboxylic acids is 2. The molecular weight excluding hydrogens is 449 g/mol. The number of nitrogens with zero attached hydrogens (tertiary/aromatic N) is 2. The molecular formula is C14H14IN3O5S. The molecule has 0 unspecified atom stereocenters. The average Bonchev–Trinajstić information content (AvgIpc) is 2.98. The summed E-state index contributed by atoms with van der Waals surface area (Å²) < 4.78 is 16.0. The smallest absolute Gasteiger partial charge is 0.343 e. The van der Waals surface area contributed by atoms with Crippen molar-refractivity contribution in [3.05, 3.63) is 21.3 Å². The van der Waals surface area contributed by atoms with E-state index in [-0.39, 0.29) is 12.5 Å². The minimum atomic E-state index is -0.481. The van der Waals surface area contributed by atoms with Gasteiger partial charge in [0.05, 0.1) is 29.8 Å². The fourth-order valence-corrected chi connectivity index (χ4v) is 3.08. The van der Waals surface area contributed by atoms with E-state index in [0.717, 1.165) is 9.13 Å². The molecule has 1 saturated heterocycles. The molecule has 0 aromatic heterocycles. The second kappa shape index (κ2) is 8.87. The molecule has 0 spiro atoms. The van der Waals surface area contributed by atoms with Crippen LogP contribution in [-0.4, -0.2) is 49.8 Å². The van der Waals surface area contributed by atoms with Crippen LogP contribution < -0.4 is 14.8 Å². The van der Waals surface area contributed by atoms with Crippen LogP contribution in [0, 0.1) is 3.57 Å². The lowest BCUT2D eigenvalue weighted by molar-refractivity contribution is -0.143. The Morgan fingerprint density at radius 2 is 2.25 bits per heavy atom. The molecule has 1 amide bonds. The monoisotopic (exact) mass is 463 g/mol. The van der Waals surface area contributed by atoms with Gasteiger partial charge in [-0.15, -0.1) is 5.10 Å². The molecule has 0 aliphatic carbocycles. The summed E-state index contributed by atoms with van der Waals surface area (Å²) in [7, 11) is 2.79. The van der Waals surface area contributed by atoms with Crippen LogP contribution in [-0.2, 0) is 14.3 Å². The fraction of sp³-hybridized carbons (Fsp3) is 0.286. The minimum absolute atomic E-state index is 0.0859. The maximum absolute atomic E-state index is 11.2. The quantitative estimate of drug-likeness (QED) is 0.297. The molecule has 0 saturated carbocycles. The number of amidine groups is 1. The Morgan fingerprint density at radius 3 is 2.88 bits per heavy atom. The normalized spacial score (nSPS) is 15.6. The van der Waals surface area contributed by atoms with Gasteiger partial charge in [-0.1, -0.05) is 11.8 Å². The number of halogens is 1. The lowest BCUT2D eigenvalue weighted by Gasteiger charge is -2.12. The Bertz CT molecular complexity index is 708. The maximum atomic E-state index is 11.2. The molecule has 0 bridgehead atoms. The first kappa shape index (κ1) is 18.5. The van der Waals surface area contributed by atoms with Gasteiger partial charge in [-0.2, -0.15) is 5.10 Å². The molecule has 1 aromatic carbocycles. The summed E-state index contributed by atoms with van der Waals surface area (Å²) in [5.74, 6) is 0.698. The van der Waals surface area contributed by atoms with Crippen molar-refractivity contribution in [1.82, 2.24) is 5.32 Å². The molecule has 24 heavy (non-hydrogen) atoms. The summed E-state index contributed by atoms with van der Waals surface area (Å²) in [5.41, 5.74) is 0.736. The molecule has 0 atom stereocenters. The third kappa shape index (κ3) is 5.09. The molecule has 2 rings (SSSR count). The van der Waals surface area contributed by atoms with Crippen LogP contribution in [0.2, 0.25) is 0 Å². The van der Waals surface area contributed by atoms with E-state index < -0.39 is 5.97 Å². The van der Waals surface area contributed by atoms with Crippen LogP contribution in [0.25, 0.3) is 0 Å². The first-order valence-electron chi connectivity index (χ1n) is 6.64. The average molecular weight is 463 g/mol. The Labute approximate surface area is 156 Å². The maximum Gasteiger partial charge on any atom is 0.343 e. The SMILES string of the molecule is COC(=O)COc1c(I)cc(C=NN=C2NC(=O)CS2)cc1OC. The van der Waals surface area contributed by atoms with E-state index in [2.05, 4.69) is 42.8 Å². The van der Waals surface area contributed by atoms with Gasteiger partial charge in [-0.05, 0) is 40.3 Å². The van der Waals surface area contributed by atoms with E-state index in [0.29, 0.717) is 22.4 Å². The van der Waals surface area contributed by atoms with Crippen molar-refractivity contribution < 1.29 is 23.8 Å². The molecule has 1 N–H and O–H groups in total. The van der Waals surface area contributed by atoms with Crippen molar-refractivity contribution >= 4 is 57.6 Å². The number of ether oxygens (including phenoxy) is 3. The zero-order chi connectivity index (χ0) is 17.5. The first-order valence-corrected chi connectivity index (χ1v) is 8.70. The lowest BCUT2D eigenvalue weighted by Crippen LogP contribution is -2.19. The van der Waals surface area contributed by atoms with Crippen molar-refractivity contribution in [2.24, 2.45) is 10.2 Å². The standard InChI is InChI=1S/C14H14IN3O5S/c1-21-10-4-8(5-16-18-14-17-11(19)7-24-14)3-9(15)13(10)23-6-12(20)22-2/h3-5H,6-7H2,1-2H3,(H,17,18,19). The van der Waals surface area contributed by atoms with Gasteiger partial charge in [-0.25, -0.2) is 4.79 Å². The summed E-state index contributed by atoms with van der Waals surface area (Å²) in [6.07, 6.45) is 1.53. The summed E-state index contributed by atoms with van der Waals surface area (Å²) in [6, 6.07) is 3.51. The summed E-state index contributed by atoms with van der Waals surface area (Å²) in [4.78, 5) is 22.2. The highest BCUT2D eigenvalue weighted by molar-refractivity contribution is 14.1. The van der Waals surface area contributed by atoms with E-state index in [4.69, 9.17) is 9.47 Å². The summed E-state index contributed by atoms with van der Waals surface area (Å²) >= 11 is 3.37. The molecule has 10 heteroatoms. The van der Waals surface area contributed by atoms with E-state index in [1.54, 1.807) is 12.1 Å². The van der Waals surface area contributed by atoms with Crippen LogP contribution in [0.3, 0.4) is 0 Å². The number of esters is 1. The van der Waals surface area contributed by atoms with E-state index in [1.165, 1.54) is 32.2 Å². The molecule has 1 aromatic rings. The van der Waals surface area contributed by atoms with Crippen molar-refractivity contribution in [3.63, 3.8) is 0 Å². The Morgan fingerprint density at radius 1 is 1.46 bits per heavy atom. The van der Waals surface area contributed by atoms with Gasteiger partial charge in [-0.3, -0.25) is 4.79 Å². The molecule has 0 radical (unpaired) electrons. The van der Waals surface area contributed by atoms with Gasteiger partial charge in [0.25, 0.3) is 0 Å². The molecule has 1 fully saturated rings. The first-order chi connectivity index (χ1) is 11.5. The van der Waals surface area contributed by atoms with Gasteiger partial charge in [0.1, 0.15) is 0 Å². The van der Waals surface area contributed by atoms with Crippen molar-refractivity contribution in [2.45, 2.75) is 0 Å². The van der Waals surface area contributed by atoms with E-state index >= 15 is 0 Å².